The third-order valence-electron chi connectivity index (χ3n) is 3.30. The Bertz CT molecular complexity index is 450. The Morgan fingerprint density at radius 3 is 2.83 bits per heavy atom. The number of halogens is 1. The van der Waals surface area contributed by atoms with Gasteiger partial charge in [0.05, 0.1) is 12.0 Å². The summed E-state index contributed by atoms with van der Waals surface area (Å²) in [6.07, 6.45) is 1.64. The van der Waals surface area contributed by atoms with Gasteiger partial charge in [-0.2, -0.15) is 0 Å². The molecule has 4 nitrogen and oxygen atoms in total. The maximum atomic E-state index is 13.1. The van der Waals surface area contributed by atoms with Crippen molar-refractivity contribution in [3.05, 3.63) is 29.6 Å². The summed E-state index contributed by atoms with van der Waals surface area (Å²) < 4.78 is 13.1. The minimum absolute atomic E-state index is 0.194. The van der Waals surface area contributed by atoms with Gasteiger partial charge in [0.15, 0.2) is 11.6 Å². The maximum Gasteiger partial charge on any atom is 0.225 e. The molecule has 18 heavy (non-hydrogen) atoms. The summed E-state index contributed by atoms with van der Waals surface area (Å²) in [5.74, 6) is -1.67. The van der Waals surface area contributed by atoms with Crippen molar-refractivity contribution in [2.75, 3.05) is 0 Å². The molecule has 98 valence electrons. The molecule has 0 bridgehead atoms. The number of hydrogen-bond acceptors (Lipinski definition) is 3. The summed E-state index contributed by atoms with van der Waals surface area (Å²) in [6.45, 7) is 0.194. The predicted octanol–water partition coefficient (Wildman–Crippen LogP) is 1.31. The lowest BCUT2D eigenvalue weighted by Gasteiger charge is -2.14. The van der Waals surface area contributed by atoms with Gasteiger partial charge in [0.25, 0.3) is 0 Å². The molecule has 1 fully saturated rings. The van der Waals surface area contributed by atoms with Crippen LogP contribution in [0, 0.1) is 11.7 Å². The lowest BCUT2D eigenvalue weighted by molar-refractivity contribution is -0.127. The van der Waals surface area contributed by atoms with E-state index in [1.54, 1.807) is 6.07 Å². The van der Waals surface area contributed by atoms with Crippen LogP contribution in [0.3, 0.4) is 0 Å². The highest BCUT2D eigenvalue weighted by Gasteiger charge is 2.31. The van der Waals surface area contributed by atoms with Crippen molar-refractivity contribution < 1.29 is 19.4 Å². The molecule has 0 radical (unpaired) electrons. The third kappa shape index (κ3) is 2.79. The number of carbonyl (C=O) groups excluding carboxylic acids is 1. The van der Waals surface area contributed by atoms with Gasteiger partial charge in [-0.3, -0.25) is 4.79 Å². The van der Waals surface area contributed by atoms with Crippen LogP contribution in [-0.4, -0.2) is 22.2 Å². The second kappa shape index (κ2) is 5.35. The Morgan fingerprint density at radius 1 is 1.44 bits per heavy atom. The highest BCUT2D eigenvalue weighted by Crippen LogP contribution is 2.25. The van der Waals surface area contributed by atoms with Crippen LogP contribution in [0.15, 0.2) is 18.2 Å². The number of nitrogens with one attached hydrogen (secondary N) is 1. The van der Waals surface area contributed by atoms with Crippen molar-refractivity contribution in [1.29, 1.82) is 0 Å². The number of benzene rings is 1. The molecule has 0 heterocycles. The molecule has 0 aliphatic heterocycles. The second-order valence-electron chi connectivity index (χ2n) is 4.61. The zero-order valence-corrected chi connectivity index (χ0v) is 9.90. The fraction of sp³-hybridized carbons (Fsp3) is 0.462. The van der Waals surface area contributed by atoms with E-state index in [-0.39, 0.29) is 18.4 Å². The molecule has 2 atom stereocenters. The largest absolute Gasteiger partial charge is 0.505 e. The number of amides is 1. The number of carbonyl (C=O) groups is 1. The van der Waals surface area contributed by atoms with Crippen molar-refractivity contribution in [3.8, 4) is 5.75 Å². The molecule has 1 aliphatic rings. The van der Waals surface area contributed by atoms with Crippen molar-refractivity contribution in [2.45, 2.75) is 31.9 Å². The lowest BCUT2D eigenvalue weighted by Crippen LogP contribution is -2.34. The lowest BCUT2D eigenvalue weighted by atomic mass is 10.1. The molecule has 0 spiro atoms. The van der Waals surface area contributed by atoms with E-state index < -0.39 is 17.7 Å². The van der Waals surface area contributed by atoms with Crippen LogP contribution in [0.2, 0.25) is 0 Å². The first-order chi connectivity index (χ1) is 8.58. The van der Waals surface area contributed by atoms with E-state index in [1.807, 2.05) is 0 Å². The van der Waals surface area contributed by atoms with Crippen molar-refractivity contribution in [1.82, 2.24) is 5.32 Å². The van der Waals surface area contributed by atoms with E-state index in [4.69, 9.17) is 5.11 Å². The summed E-state index contributed by atoms with van der Waals surface area (Å²) in [5, 5.41) is 21.3. The van der Waals surface area contributed by atoms with Crippen molar-refractivity contribution >= 4 is 5.91 Å². The molecular weight excluding hydrogens is 237 g/mol. The molecule has 1 amide bonds. The molecule has 3 N–H and O–H groups in total. The van der Waals surface area contributed by atoms with Gasteiger partial charge < -0.3 is 15.5 Å². The molecule has 1 saturated carbocycles. The topological polar surface area (TPSA) is 69.6 Å². The van der Waals surface area contributed by atoms with Crippen LogP contribution < -0.4 is 5.32 Å². The Balaban J connectivity index is 1.91. The van der Waals surface area contributed by atoms with E-state index >= 15 is 0 Å². The molecule has 0 aromatic heterocycles. The van der Waals surface area contributed by atoms with Gasteiger partial charge in [-0.15, -0.1) is 0 Å². The van der Waals surface area contributed by atoms with Gasteiger partial charge in [0, 0.05) is 6.54 Å². The number of hydrogen-bond donors (Lipinski definition) is 3. The van der Waals surface area contributed by atoms with Gasteiger partial charge in [-0.25, -0.2) is 4.39 Å². The van der Waals surface area contributed by atoms with Crippen LogP contribution >= 0.6 is 0 Å². The standard InChI is InChI=1S/C13H16FNO3/c14-10-6-8(4-5-12(10)17)7-15-13(18)9-2-1-3-11(9)16/h4-6,9,11,16-17H,1-3,7H2,(H,15,18). The second-order valence-corrected chi connectivity index (χ2v) is 4.61. The summed E-state index contributed by atoms with van der Waals surface area (Å²) in [4.78, 5) is 11.8. The Hall–Kier alpha value is -1.62. The minimum Gasteiger partial charge on any atom is -0.505 e. The van der Waals surface area contributed by atoms with Gasteiger partial charge in [-0.1, -0.05) is 6.07 Å². The Morgan fingerprint density at radius 2 is 2.22 bits per heavy atom. The van der Waals surface area contributed by atoms with E-state index in [1.165, 1.54) is 12.1 Å². The van der Waals surface area contributed by atoms with E-state index in [9.17, 15) is 14.3 Å². The van der Waals surface area contributed by atoms with Crippen LogP contribution in [0.25, 0.3) is 0 Å². The van der Waals surface area contributed by atoms with E-state index in [2.05, 4.69) is 5.32 Å². The molecular formula is C13H16FNO3. The van der Waals surface area contributed by atoms with Gasteiger partial charge >= 0.3 is 0 Å². The summed E-state index contributed by atoms with van der Waals surface area (Å²) in [5.41, 5.74) is 0.575. The zero-order chi connectivity index (χ0) is 13.1. The number of aliphatic hydroxyl groups excluding tert-OH is 1. The highest BCUT2D eigenvalue weighted by atomic mass is 19.1. The van der Waals surface area contributed by atoms with Crippen molar-refractivity contribution in [3.63, 3.8) is 0 Å². The first-order valence-electron chi connectivity index (χ1n) is 6.01. The SMILES string of the molecule is O=C(NCc1ccc(O)c(F)c1)C1CCCC1O. The number of phenolic OH excluding ortho intramolecular Hbond substituents is 1. The fourth-order valence-electron chi connectivity index (χ4n) is 2.23. The Kier molecular flexibility index (Phi) is 3.81. The number of phenols is 1. The maximum absolute atomic E-state index is 13.1. The molecule has 1 aromatic carbocycles. The van der Waals surface area contributed by atoms with Crippen LogP contribution in [-0.2, 0) is 11.3 Å². The zero-order valence-electron chi connectivity index (χ0n) is 9.90. The summed E-state index contributed by atoms with van der Waals surface area (Å²) >= 11 is 0. The monoisotopic (exact) mass is 253 g/mol. The van der Waals surface area contributed by atoms with E-state index in [0.29, 0.717) is 18.4 Å². The van der Waals surface area contributed by atoms with Gasteiger partial charge in [0.2, 0.25) is 5.91 Å². The molecule has 1 aliphatic carbocycles. The fourth-order valence-corrected chi connectivity index (χ4v) is 2.23. The van der Waals surface area contributed by atoms with Crippen molar-refractivity contribution in [2.24, 2.45) is 5.92 Å². The number of rotatable bonds is 3. The average Bonchev–Trinajstić information content (AvgIpc) is 2.77. The molecule has 1 aromatic rings. The molecule has 2 rings (SSSR count). The summed E-state index contributed by atoms with van der Waals surface area (Å²) in [6, 6.07) is 3.98. The predicted molar refractivity (Wildman–Crippen MR) is 63.3 cm³/mol. The average molecular weight is 253 g/mol. The van der Waals surface area contributed by atoms with E-state index in [0.717, 1.165) is 6.42 Å². The van der Waals surface area contributed by atoms with Gasteiger partial charge in [-0.05, 0) is 37.0 Å². The van der Waals surface area contributed by atoms with Gasteiger partial charge in [0.1, 0.15) is 0 Å². The number of aliphatic hydroxyl groups is 1. The first kappa shape index (κ1) is 12.8. The smallest absolute Gasteiger partial charge is 0.225 e. The normalized spacial score (nSPS) is 23.0. The molecule has 0 saturated heterocycles. The first-order valence-corrected chi connectivity index (χ1v) is 6.01. The Labute approximate surface area is 104 Å². The third-order valence-corrected chi connectivity index (χ3v) is 3.30. The van der Waals surface area contributed by atoms with Crippen LogP contribution in [0.1, 0.15) is 24.8 Å². The van der Waals surface area contributed by atoms with Crippen LogP contribution in [0.4, 0.5) is 4.39 Å². The molecule has 2 unspecified atom stereocenters. The summed E-state index contributed by atoms with van der Waals surface area (Å²) in [7, 11) is 0. The number of aromatic hydroxyl groups is 1. The van der Waals surface area contributed by atoms with Crippen LogP contribution in [0.5, 0.6) is 5.75 Å². The minimum atomic E-state index is -0.706. The highest BCUT2D eigenvalue weighted by molar-refractivity contribution is 5.79. The quantitative estimate of drug-likeness (QED) is 0.760. The molecule has 5 heteroatoms.